The number of halogens is 2. The molecule has 0 amide bonds. The van der Waals surface area contributed by atoms with Crippen LogP contribution in [0.5, 0.6) is 0 Å². The van der Waals surface area contributed by atoms with Gasteiger partial charge in [-0.3, -0.25) is 0 Å². The normalized spacial score (nSPS) is 21.9. The van der Waals surface area contributed by atoms with Crippen LogP contribution in [0.1, 0.15) is 40.5 Å². The average molecular weight is 404 g/mol. The summed E-state index contributed by atoms with van der Waals surface area (Å²) in [6.45, 7) is 11.0. The number of hydrogen-bond donors (Lipinski definition) is 1. The highest BCUT2D eigenvalue weighted by atomic mass is 127. The van der Waals surface area contributed by atoms with E-state index in [-0.39, 0.29) is 11.4 Å². The third kappa shape index (κ3) is 3.52. The van der Waals surface area contributed by atoms with Crippen LogP contribution >= 0.6 is 22.6 Å². The summed E-state index contributed by atoms with van der Waals surface area (Å²) in [5, 5.41) is 3.78. The lowest BCUT2D eigenvalue weighted by atomic mass is 9.86. The van der Waals surface area contributed by atoms with E-state index in [2.05, 4.69) is 60.5 Å². The van der Waals surface area contributed by atoms with Crippen LogP contribution in [0.25, 0.3) is 0 Å². The molecule has 1 aliphatic heterocycles. The minimum absolute atomic E-state index is 0.156. The van der Waals surface area contributed by atoms with Crippen molar-refractivity contribution < 1.29 is 4.39 Å². The van der Waals surface area contributed by atoms with Gasteiger partial charge in [-0.15, -0.1) is 0 Å². The summed E-state index contributed by atoms with van der Waals surface area (Å²) in [4.78, 5) is 2.50. The lowest BCUT2D eigenvalue weighted by Crippen LogP contribution is -2.65. The third-order valence-electron chi connectivity index (χ3n) is 4.90. The molecular formula is C17H26FIN2. The quantitative estimate of drug-likeness (QED) is 0.748. The van der Waals surface area contributed by atoms with Crippen LogP contribution in [0.2, 0.25) is 0 Å². The van der Waals surface area contributed by atoms with Crippen LogP contribution in [-0.2, 0) is 0 Å². The predicted octanol–water partition coefficient (Wildman–Crippen LogP) is 4.42. The molecule has 1 aromatic carbocycles. The van der Waals surface area contributed by atoms with Gasteiger partial charge in [0.15, 0.2) is 0 Å². The van der Waals surface area contributed by atoms with Gasteiger partial charge in [-0.2, -0.15) is 0 Å². The van der Waals surface area contributed by atoms with Crippen molar-refractivity contribution in [2.45, 2.75) is 52.1 Å². The molecule has 1 aromatic rings. The molecular weight excluding hydrogens is 378 g/mol. The summed E-state index contributed by atoms with van der Waals surface area (Å²) in [6.07, 6.45) is 2.23. The van der Waals surface area contributed by atoms with E-state index in [9.17, 15) is 4.39 Å². The minimum atomic E-state index is -0.156. The third-order valence-corrected chi connectivity index (χ3v) is 5.77. The van der Waals surface area contributed by atoms with E-state index < -0.39 is 0 Å². The van der Waals surface area contributed by atoms with E-state index in [4.69, 9.17) is 0 Å². The second-order valence-corrected chi connectivity index (χ2v) is 7.57. The van der Waals surface area contributed by atoms with Gasteiger partial charge < -0.3 is 10.2 Å². The number of benzene rings is 1. The van der Waals surface area contributed by atoms with Crippen LogP contribution in [0.3, 0.4) is 0 Å². The maximum absolute atomic E-state index is 13.4. The molecule has 1 N–H and O–H groups in total. The summed E-state index contributed by atoms with van der Waals surface area (Å²) in [7, 11) is 0. The highest BCUT2D eigenvalue weighted by Gasteiger charge is 2.38. The van der Waals surface area contributed by atoms with Crippen molar-refractivity contribution in [3.05, 3.63) is 27.6 Å². The van der Waals surface area contributed by atoms with Gasteiger partial charge in [-0.25, -0.2) is 4.39 Å². The maximum atomic E-state index is 13.4. The summed E-state index contributed by atoms with van der Waals surface area (Å²) < 4.78 is 14.4. The van der Waals surface area contributed by atoms with Gasteiger partial charge >= 0.3 is 0 Å². The van der Waals surface area contributed by atoms with E-state index in [0.29, 0.717) is 12.0 Å². The molecule has 0 spiro atoms. The van der Waals surface area contributed by atoms with Crippen molar-refractivity contribution in [2.75, 3.05) is 18.0 Å². The Morgan fingerprint density at radius 2 is 2.05 bits per heavy atom. The molecule has 0 aromatic heterocycles. The number of rotatable bonds is 4. The van der Waals surface area contributed by atoms with Crippen molar-refractivity contribution in [1.82, 2.24) is 5.32 Å². The SMILES string of the molecule is CCC1(CC)CN(c2ccc(F)cc2I)C(C(C)C)CN1. The molecule has 4 heteroatoms. The summed E-state index contributed by atoms with van der Waals surface area (Å²) in [6, 6.07) is 5.61. The van der Waals surface area contributed by atoms with Crippen LogP contribution in [-0.4, -0.2) is 24.7 Å². The topological polar surface area (TPSA) is 15.3 Å². The van der Waals surface area contributed by atoms with Crippen LogP contribution < -0.4 is 10.2 Å². The molecule has 1 fully saturated rings. The van der Waals surface area contributed by atoms with Crippen molar-refractivity contribution in [1.29, 1.82) is 0 Å². The summed E-state index contributed by atoms with van der Waals surface area (Å²) >= 11 is 2.26. The summed E-state index contributed by atoms with van der Waals surface area (Å²) in [5.41, 5.74) is 1.34. The molecule has 118 valence electrons. The number of hydrogen-bond acceptors (Lipinski definition) is 2. The number of piperazine rings is 1. The lowest BCUT2D eigenvalue weighted by Gasteiger charge is -2.50. The Balaban J connectivity index is 2.38. The van der Waals surface area contributed by atoms with Gasteiger partial charge in [0.2, 0.25) is 0 Å². The second kappa shape index (κ2) is 6.82. The van der Waals surface area contributed by atoms with E-state index >= 15 is 0 Å². The molecule has 2 nitrogen and oxygen atoms in total. The van der Waals surface area contributed by atoms with Crippen molar-refractivity contribution in [2.24, 2.45) is 5.92 Å². The Bertz CT molecular complexity index is 486. The Morgan fingerprint density at radius 3 is 2.57 bits per heavy atom. The number of nitrogens with zero attached hydrogens (tertiary/aromatic N) is 1. The van der Waals surface area contributed by atoms with Gasteiger partial charge in [0.1, 0.15) is 5.82 Å². The number of nitrogens with one attached hydrogen (secondary N) is 1. The zero-order valence-corrected chi connectivity index (χ0v) is 15.6. The van der Waals surface area contributed by atoms with E-state index in [1.165, 1.54) is 5.69 Å². The monoisotopic (exact) mass is 404 g/mol. The fourth-order valence-corrected chi connectivity index (χ4v) is 4.01. The second-order valence-electron chi connectivity index (χ2n) is 6.40. The Hall–Kier alpha value is -0.360. The van der Waals surface area contributed by atoms with Crippen molar-refractivity contribution >= 4 is 28.3 Å². The zero-order valence-electron chi connectivity index (χ0n) is 13.4. The molecule has 1 saturated heterocycles. The highest BCUT2D eigenvalue weighted by molar-refractivity contribution is 14.1. The first-order valence-corrected chi connectivity index (χ1v) is 8.97. The smallest absolute Gasteiger partial charge is 0.124 e. The van der Waals surface area contributed by atoms with Gasteiger partial charge in [-0.1, -0.05) is 27.7 Å². The predicted molar refractivity (Wildman–Crippen MR) is 96.4 cm³/mol. The first kappa shape index (κ1) is 17.0. The molecule has 0 bridgehead atoms. The zero-order chi connectivity index (χ0) is 15.6. The van der Waals surface area contributed by atoms with Gasteiger partial charge in [0.05, 0.1) is 5.69 Å². The van der Waals surface area contributed by atoms with E-state index in [0.717, 1.165) is 29.5 Å². The minimum Gasteiger partial charge on any atom is -0.364 e. The standard InChI is InChI=1S/C17H26FIN2/c1-5-17(6-2)11-21(16(10-20-17)12(3)4)15-8-7-13(18)9-14(15)19/h7-9,12,16,20H,5-6,10-11H2,1-4H3. The summed E-state index contributed by atoms with van der Waals surface area (Å²) in [5.74, 6) is 0.404. The van der Waals surface area contributed by atoms with Gasteiger partial charge in [0.25, 0.3) is 0 Å². The Morgan fingerprint density at radius 1 is 1.38 bits per heavy atom. The molecule has 0 aliphatic carbocycles. The number of anilines is 1. The van der Waals surface area contributed by atoms with E-state index in [1.807, 2.05) is 6.07 Å². The van der Waals surface area contributed by atoms with Crippen molar-refractivity contribution in [3.8, 4) is 0 Å². The highest BCUT2D eigenvalue weighted by Crippen LogP contribution is 2.33. The molecule has 1 unspecified atom stereocenters. The van der Waals surface area contributed by atoms with Crippen LogP contribution in [0.4, 0.5) is 10.1 Å². The first-order valence-electron chi connectivity index (χ1n) is 7.89. The molecule has 1 atom stereocenters. The van der Waals surface area contributed by atoms with Crippen LogP contribution in [0, 0.1) is 15.3 Å². The van der Waals surface area contributed by atoms with E-state index in [1.54, 1.807) is 12.1 Å². The van der Waals surface area contributed by atoms with Crippen molar-refractivity contribution in [3.63, 3.8) is 0 Å². The fraction of sp³-hybridized carbons (Fsp3) is 0.647. The first-order chi connectivity index (χ1) is 9.92. The average Bonchev–Trinajstić information content (AvgIpc) is 2.46. The van der Waals surface area contributed by atoms with Gasteiger partial charge in [0, 0.05) is 28.2 Å². The van der Waals surface area contributed by atoms with Gasteiger partial charge in [-0.05, 0) is 59.5 Å². The lowest BCUT2D eigenvalue weighted by molar-refractivity contribution is 0.227. The Labute approximate surface area is 141 Å². The van der Waals surface area contributed by atoms with Crippen LogP contribution in [0.15, 0.2) is 18.2 Å². The molecule has 0 radical (unpaired) electrons. The molecule has 0 saturated carbocycles. The molecule has 2 rings (SSSR count). The molecule has 1 aliphatic rings. The largest absolute Gasteiger partial charge is 0.364 e. The molecule has 21 heavy (non-hydrogen) atoms. The maximum Gasteiger partial charge on any atom is 0.124 e. The fourth-order valence-electron chi connectivity index (χ4n) is 3.23. The molecule has 1 heterocycles. The Kier molecular flexibility index (Phi) is 5.52.